The van der Waals surface area contributed by atoms with Crippen molar-refractivity contribution in [3.8, 4) is 0 Å². The molecule has 0 saturated heterocycles. The Balaban J connectivity index is 3.00. The van der Waals surface area contributed by atoms with Crippen LogP contribution in [0.5, 0.6) is 0 Å². The minimum absolute atomic E-state index is 0.0285. The lowest BCUT2D eigenvalue weighted by Gasteiger charge is -2.03. The lowest BCUT2D eigenvalue weighted by molar-refractivity contribution is -0.383. The molecule has 2 aromatic rings. The van der Waals surface area contributed by atoms with Gasteiger partial charge in [0, 0.05) is 11.6 Å². The summed E-state index contributed by atoms with van der Waals surface area (Å²) in [7, 11) is 0. The Hall–Kier alpha value is -1.27. The van der Waals surface area contributed by atoms with Crippen molar-refractivity contribution in [3.63, 3.8) is 0 Å². The molecule has 0 aliphatic rings. The monoisotopic (exact) mass is 304 g/mol. The van der Waals surface area contributed by atoms with Gasteiger partial charge in [-0.1, -0.05) is 11.6 Å². The van der Waals surface area contributed by atoms with Crippen LogP contribution >= 0.6 is 27.5 Å². The Morgan fingerprint density at radius 1 is 1.50 bits per heavy atom. The van der Waals surface area contributed by atoms with Gasteiger partial charge in [0.25, 0.3) is 5.69 Å². The first-order valence-corrected chi connectivity index (χ1v) is 5.25. The number of aromatic nitrogens is 1. The highest BCUT2D eigenvalue weighted by molar-refractivity contribution is 9.10. The molecule has 0 unspecified atom stereocenters. The molecule has 0 aliphatic heterocycles. The van der Waals surface area contributed by atoms with E-state index in [4.69, 9.17) is 11.6 Å². The van der Waals surface area contributed by atoms with Gasteiger partial charge in [0.2, 0.25) is 0 Å². The van der Waals surface area contributed by atoms with Gasteiger partial charge in [-0.2, -0.15) is 0 Å². The molecule has 0 atom stereocenters. The van der Waals surface area contributed by atoms with Gasteiger partial charge < -0.3 is 0 Å². The van der Waals surface area contributed by atoms with E-state index in [9.17, 15) is 14.5 Å². The van der Waals surface area contributed by atoms with Gasteiger partial charge in [-0.15, -0.1) is 0 Å². The SMILES string of the molecule is O=[N+]([O-])c1cc(F)cc2c(Cl)ncc(Br)c12. The average Bonchev–Trinajstić information content (AvgIpc) is 2.22. The molecule has 0 amide bonds. The fourth-order valence-corrected chi connectivity index (χ4v) is 2.11. The van der Waals surface area contributed by atoms with E-state index in [1.54, 1.807) is 0 Å². The van der Waals surface area contributed by atoms with Crippen molar-refractivity contribution < 1.29 is 9.31 Å². The van der Waals surface area contributed by atoms with E-state index in [2.05, 4.69) is 20.9 Å². The zero-order valence-electron chi connectivity index (χ0n) is 7.58. The van der Waals surface area contributed by atoms with Gasteiger partial charge in [-0.3, -0.25) is 10.1 Å². The van der Waals surface area contributed by atoms with Crippen LogP contribution < -0.4 is 0 Å². The highest BCUT2D eigenvalue weighted by atomic mass is 79.9. The molecular weight excluding hydrogens is 302 g/mol. The van der Waals surface area contributed by atoms with Gasteiger partial charge in [0.15, 0.2) is 0 Å². The fraction of sp³-hybridized carbons (Fsp3) is 0. The van der Waals surface area contributed by atoms with Crippen LogP contribution in [0.1, 0.15) is 0 Å². The molecule has 0 saturated carbocycles. The highest BCUT2D eigenvalue weighted by Gasteiger charge is 2.18. The maximum absolute atomic E-state index is 13.2. The van der Waals surface area contributed by atoms with Gasteiger partial charge in [0.1, 0.15) is 11.0 Å². The van der Waals surface area contributed by atoms with Gasteiger partial charge in [0.05, 0.1) is 20.8 Å². The quantitative estimate of drug-likeness (QED) is 0.458. The molecule has 4 nitrogen and oxygen atoms in total. The minimum Gasteiger partial charge on any atom is -0.258 e. The smallest absolute Gasteiger partial charge is 0.258 e. The molecule has 1 heterocycles. The third-order valence-electron chi connectivity index (χ3n) is 2.03. The number of pyridine rings is 1. The summed E-state index contributed by atoms with van der Waals surface area (Å²) in [6.45, 7) is 0. The summed E-state index contributed by atoms with van der Waals surface area (Å²) < 4.78 is 13.6. The molecule has 1 aromatic carbocycles. The summed E-state index contributed by atoms with van der Waals surface area (Å²) in [4.78, 5) is 13.9. The zero-order chi connectivity index (χ0) is 11.9. The number of fused-ring (bicyclic) bond motifs is 1. The summed E-state index contributed by atoms with van der Waals surface area (Å²) in [6.07, 6.45) is 1.34. The molecule has 0 aliphatic carbocycles. The second-order valence-corrected chi connectivity index (χ2v) is 4.21. The van der Waals surface area contributed by atoms with E-state index < -0.39 is 10.7 Å². The second-order valence-electron chi connectivity index (χ2n) is 3.00. The van der Waals surface area contributed by atoms with Gasteiger partial charge in [-0.25, -0.2) is 9.37 Å². The normalized spacial score (nSPS) is 10.7. The number of nitro groups is 1. The second kappa shape index (κ2) is 3.95. The molecule has 0 bridgehead atoms. The Morgan fingerprint density at radius 2 is 2.19 bits per heavy atom. The van der Waals surface area contributed by atoms with Crippen molar-refractivity contribution >= 4 is 44.0 Å². The van der Waals surface area contributed by atoms with Crippen molar-refractivity contribution in [1.82, 2.24) is 4.98 Å². The molecule has 2 rings (SSSR count). The van der Waals surface area contributed by atoms with Crippen LogP contribution in [-0.2, 0) is 0 Å². The number of nitro benzene ring substituents is 1. The Morgan fingerprint density at radius 3 is 2.81 bits per heavy atom. The first-order chi connectivity index (χ1) is 7.50. The summed E-state index contributed by atoms with van der Waals surface area (Å²) in [5, 5.41) is 11.3. The molecular formula is C9H3BrClFN2O2. The Bertz CT molecular complexity index is 606. The first kappa shape index (κ1) is 11.2. The van der Waals surface area contributed by atoms with Gasteiger partial charge in [-0.05, 0) is 22.0 Å². The molecule has 82 valence electrons. The predicted molar refractivity (Wildman–Crippen MR) is 61.1 cm³/mol. The average molecular weight is 305 g/mol. The Kier molecular flexibility index (Phi) is 2.77. The van der Waals surface area contributed by atoms with Crippen molar-refractivity contribution in [3.05, 3.63) is 43.9 Å². The van der Waals surface area contributed by atoms with Crippen molar-refractivity contribution in [1.29, 1.82) is 0 Å². The maximum Gasteiger partial charge on any atom is 0.281 e. The zero-order valence-corrected chi connectivity index (χ0v) is 9.92. The summed E-state index contributed by atoms with van der Waals surface area (Å²) >= 11 is 8.88. The Labute approximate surface area is 102 Å². The van der Waals surface area contributed by atoms with E-state index in [1.807, 2.05) is 0 Å². The largest absolute Gasteiger partial charge is 0.281 e. The van der Waals surface area contributed by atoms with E-state index in [-0.39, 0.29) is 21.6 Å². The van der Waals surface area contributed by atoms with Crippen LogP contribution in [-0.4, -0.2) is 9.91 Å². The standard InChI is InChI=1S/C9H3BrClFN2O2/c10-6-3-13-9(11)5-1-4(12)2-7(8(5)6)14(15)16/h1-3H. The van der Waals surface area contributed by atoms with Crippen LogP contribution in [0.25, 0.3) is 10.8 Å². The number of benzene rings is 1. The van der Waals surface area contributed by atoms with Crippen LogP contribution in [0, 0.1) is 15.9 Å². The fourth-order valence-electron chi connectivity index (χ4n) is 1.40. The van der Waals surface area contributed by atoms with E-state index in [0.717, 1.165) is 12.1 Å². The third kappa shape index (κ3) is 1.74. The van der Waals surface area contributed by atoms with E-state index in [1.165, 1.54) is 6.20 Å². The molecule has 0 spiro atoms. The van der Waals surface area contributed by atoms with Crippen LogP contribution in [0.4, 0.5) is 10.1 Å². The van der Waals surface area contributed by atoms with Crippen molar-refractivity contribution in [2.75, 3.05) is 0 Å². The molecule has 0 radical (unpaired) electrons. The lowest BCUT2D eigenvalue weighted by Crippen LogP contribution is -1.93. The number of halogens is 3. The van der Waals surface area contributed by atoms with Crippen molar-refractivity contribution in [2.45, 2.75) is 0 Å². The van der Waals surface area contributed by atoms with Crippen LogP contribution in [0.2, 0.25) is 5.15 Å². The molecule has 0 fully saturated rings. The van der Waals surface area contributed by atoms with E-state index >= 15 is 0 Å². The van der Waals surface area contributed by atoms with Crippen molar-refractivity contribution in [2.24, 2.45) is 0 Å². The number of non-ortho nitro benzene ring substituents is 1. The molecule has 7 heteroatoms. The lowest BCUT2D eigenvalue weighted by atomic mass is 10.1. The number of nitrogens with zero attached hydrogens (tertiary/aromatic N) is 2. The number of rotatable bonds is 1. The number of hydrogen-bond donors (Lipinski definition) is 0. The van der Waals surface area contributed by atoms with Crippen LogP contribution in [0.15, 0.2) is 22.8 Å². The summed E-state index contributed by atoms with van der Waals surface area (Å²) in [5.41, 5.74) is -0.342. The molecule has 0 N–H and O–H groups in total. The van der Waals surface area contributed by atoms with Crippen LogP contribution in [0.3, 0.4) is 0 Å². The maximum atomic E-state index is 13.2. The predicted octanol–water partition coefficient (Wildman–Crippen LogP) is 3.70. The number of hydrogen-bond acceptors (Lipinski definition) is 3. The summed E-state index contributed by atoms with van der Waals surface area (Å²) in [6, 6.07) is 1.96. The summed E-state index contributed by atoms with van der Waals surface area (Å²) in [5.74, 6) is -0.721. The first-order valence-electron chi connectivity index (χ1n) is 4.08. The topological polar surface area (TPSA) is 56.0 Å². The molecule has 1 aromatic heterocycles. The third-order valence-corrected chi connectivity index (χ3v) is 2.93. The molecule has 16 heavy (non-hydrogen) atoms. The van der Waals surface area contributed by atoms with Gasteiger partial charge >= 0.3 is 0 Å². The van der Waals surface area contributed by atoms with E-state index in [0.29, 0.717) is 4.47 Å². The minimum atomic E-state index is -0.721. The highest BCUT2D eigenvalue weighted by Crippen LogP contribution is 2.35.